The Labute approximate surface area is 342 Å². The summed E-state index contributed by atoms with van der Waals surface area (Å²) in [5, 5.41) is 14.1. The number of aromatic nitrogens is 5. The smallest absolute Gasteiger partial charge is 0.415 e. The third-order valence-electron chi connectivity index (χ3n) is 10.9. The number of carbonyl (C=O) groups is 5. The first-order valence-electron chi connectivity index (χ1n) is 19.7. The zero-order chi connectivity index (χ0) is 41.3. The fraction of sp³-hybridized carbons (Fsp3) is 0.381. The third-order valence-corrected chi connectivity index (χ3v) is 12.0. The number of imide groups is 1. The van der Waals surface area contributed by atoms with Crippen LogP contribution in [0.5, 0.6) is 5.88 Å². The van der Waals surface area contributed by atoms with E-state index >= 15 is 0 Å². The SMILES string of the molecule is CCOC(=O)C12CC1/C=C/CCCCCC(NC(=O)c1cnc(C)nc1)C(=O)N1CC(Oc3nc4ccccc4nc3-c3nc4ccccc4s3)CC1C(=O)N2C(=O)O. The highest BCUT2D eigenvalue weighted by atomic mass is 32.1. The van der Waals surface area contributed by atoms with Crippen molar-refractivity contribution in [2.24, 2.45) is 5.92 Å². The van der Waals surface area contributed by atoms with Crippen LogP contribution in [0.2, 0.25) is 0 Å². The molecule has 16 nitrogen and oxygen atoms in total. The normalized spacial score (nSPS) is 24.1. The molecule has 2 aromatic carbocycles. The number of rotatable bonds is 7. The summed E-state index contributed by atoms with van der Waals surface area (Å²) in [5.41, 5.74) is 0.594. The number of carbonyl (C=O) groups excluding carboxylic acids is 4. The standard InChI is InChI=1S/C42H42N8O8S/c1-3-57-40(54)42-20-26(42)13-7-5-4-6-8-17-31(46-35(51)25-21-43-24(2)44-22-25)38(52)49-23-27(19-32(49)39(53)50(42)41(55)56)58-36-34(45-28-14-9-10-15-29(28)47-36)37-48-30-16-11-12-18-33(30)59-37/h7,9-16,18,21-22,26-27,31-32H,3-6,8,17,19-20,23H2,1-2H3,(H,46,51)(H,55,56)/b13-7+. The second-order valence-corrected chi connectivity index (χ2v) is 15.9. The summed E-state index contributed by atoms with van der Waals surface area (Å²) >= 11 is 1.41. The Morgan fingerprint density at radius 2 is 1.68 bits per heavy atom. The highest BCUT2D eigenvalue weighted by molar-refractivity contribution is 7.21. The molecular weight excluding hydrogens is 777 g/mol. The van der Waals surface area contributed by atoms with Gasteiger partial charge in [-0.2, -0.15) is 0 Å². The van der Waals surface area contributed by atoms with Crippen molar-refractivity contribution in [2.75, 3.05) is 13.2 Å². The van der Waals surface area contributed by atoms with Gasteiger partial charge in [-0.25, -0.2) is 39.4 Å². The molecule has 17 heteroatoms. The number of hydrogen-bond acceptors (Lipinski definition) is 13. The van der Waals surface area contributed by atoms with Crippen LogP contribution in [0.25, 0.3) is 32.0 Å². The maximum Gasteiger partial charge on any atom is 0.415 e. The lowest BCUT2D eigenvalue weighted by molar-refractivity contribution is -0.158. The molecule has 2 N–H and O–H groups in total. The topological polar surface area (TPSA) is 207 Å². The van der Waals surface area contributed by atoms with E-state index in [4.69, 9.17) is 24.4 Å². The van der Waals surface area contributed by atoms with E-state index in [1.165, 1.54) is 28.6 Å². The molecular formula is C42H42N8O8S. The van der Waals surface area contributed by atoms with Gasteiger partial charge in [0.25, 0.3) is 11.8 Å². The number of esters is 1. The molecule has 2 aliphatic heterocycles. The number of allylic oxidation sites excluding steroid dienone is 1. The predicted octanol–water partition coefficient (Wildman–Crippen LogP) is 5.50. The van der Waals surface area contributed by atoms with Crippen molar-refractivity contribution in [2.45, 2.75) is 82.5 Å². The van der Waals surface area contributed by atoms with Crippen molar-refractivity contribution < 1.29 is 38.6 Å². The Bertz CT molecular complexity index is 2440. The number of nitrogens with zero attached hydrogens (tertiary/aromatic N) is 7. The lowest BCUT2D eigenvalue weighted by Crippen LogP contribution is -2.59. The highest BCUT2D eigenvalue weighted by Crippen LogP contribution is 2.51. The van der Waals surface area contributed by atoms with Crippen LogP contribution in [0.1, 0.15) is 68.1 Å². The molecule has 1 saturated heterocycles. The molecule has 2 fully saturated rings. The van der Waals surface area contributed by atoms with Gasteiger partial charge in [-0.1, -0.05) is 49.3 Å². The monoisotopic (exact) mass is 818 g/mol. The summed E-state index contributed by atoms with van der Waals surface area (Å²) in [5.74, 6) is -3.04. The summed E-state index contributed by atoms with van der Waals surface area (Å²) in [6.45, 7) is 3.09. The Kier molecular flexibility index (Phi) is 11.0. The number of para-hydroxylation sites is 3. The fourth-order valence-corrected chi connectivity index (χ4v) is 8.85. The van der Waals surface area contributed by atoms with E-state index in [0.29, 0.717) is 45.3 Å². The quantitative estimate of drug-likeness (QED) is 0.154. The van der Waals surface area contributed by atoms with Crippen LogP contribution < -0.4 is 10.1 Å². The van der Waals surface area contributed by atoms with Gasteiger partial charge in [-0.05, 0) is 63.8 Å². The lowest BCUT2D eigenvalue weighted by Gasteiger charge is -2.33. The average Bonchev–Trinajstić information content (AvgIpc) is 3.53. The molecule has 0 spiro atoms. The van der Waals surface area contributed by atoms with Crippen molar-refractivity contribution in [3.63, 3.8) is 0 Å². The number of benzene rings is 2. The third kappa shape index (κ3) is 7.81. The Balaban J connectivity index is 1.19. The van der Waals surface area contributed by atoms with E-state index < -0.39 is 59.4 Å². The number of hydrogen-bond donors (Lipinski definition) is 2. The number of nitrogens with one attached hydrogen (secondary N) is 1. The van der Waals surface area contributed by atoms with Gasteiger partial charge >= 0.3 is 12.1 Å². The molecule has 0 bridgehead atoms. The number of ether oxygens (including phenoxy) is 2. The molecule has 4 amide bonds. The van der Waals surface area contributed by atoms with Gasteiger partial charge < -0.3 is 24.8 Å². The molecule has 0 radical (unpaired) electrons. The number of carboxylic acid groups (broad SMARTS) is 1. The van der Waals surface area contributed by atoms with E-state index in [-0.39, 0.29) is 43.9 Å². The Morgan fingerprint density at radius 3 is 2.41 bits per heavy atom. The molecule has 5 aromatic rings. The van der Waals surface area contributed by atoms with Crippen LogP contribution >= 0.6 is 11.3 Å². The van der Waals surface area contributed by atoms with E-state index in [2.05, 4.69) is 15.3 Å². The van der Waals surface area contributed by atoms with Crippen molar-refractivity contribution in [1.82, 2.24) is 40.0 Å². The fourth-order valence-electron chi connectivity index (χ4n) is 7.91. The maximum atomic E-state index is 14.9. The van der Waals surface area contributed by atoms with Crippen molar-refractivity contribution in [1.29, 1.82) is 0 Å². The lowest BCUT2D eigenvalue weighted by atomic mass is 10.0. The molecule has 5 unspecified atom stereocenters. The molecule has 3 aliphatic rings. The van der Waals surface area contributed by atoms with E-state index in [9.17, 15) is 29.1 Å². The van der Waals surface area contributed by atoms with Crippen LogP contribution in [0.3, 0.4) is 0 Å². The van der Waals surface area contributed by atoms with Gasteiger partial charge in [-0.15, -0.1) is 11.3 Å². The molecule has 59 heavy (non-hydrogen) atoms. The van der Waals surface area contributed by atoms with Gasteiger partial charge in [-0.3, -0.25) is 14.4 Å². The summed E-state index contributed by atoms with van der Waals surface area (Å²) < 4.78 is 12.9. The predicted molar refractivity (Wildman–Crippen MR) is 215 cm³/mol. The van der Waals surface area contributed by atoms with Crippen LogP contribution in [0, 0.1) is 12.8 Å². The van der Waals surface area contributed by atoms with Crippen LogP contribution in [0.4, 0.5) is 4.79 Å². The molecule has 5 heterocycles. The first-order valence-corrected chi connectivity index (χ1v) is 20.5. The maximum absolute atomic E-state index is 14.9. The van der Waals surface area contributed by atoms with Gasteiger partial charge in [0, 0.05) is 24.7 Å². The number of aryl methyl sites for hydroxylation is 1. The molecule has 1 aliphatic carbocycles. The molecule has 8 rings (SSSR count). The molecule has 304 valence electrons. The van der Waals surface area contributed by atoms with E-state index in [1.54, 1.807) is 26.0 Å². The zero-order valence-electron chi connectivity index (χ0n) is 32.4. The minimum absolute atomic E-state index is 0.0280. The second-order valence-electron chi connectivity index (χ2n) is 14.9. The largest absolute Gasteiger partial charge is 0.471 e. The number of fused-ring (bicyclic) bond motifs is 4. The van der Waals surface area contributed by atoms with E-state index in [1.807, 2.05) is 48.5 Å². The number of amides is 4. The number of thiazole rings is 1. The first kappa shape index (κ1) is 39.5. The minimum atomic E-state index is -1.81. The summed E-state index contributed by atoms with van der Waals surface area (Å²) in [6.07, 6.45) is 6.62. The van der Waals surface area contributed by atoms with E-state index in [0.717, 1.165) is 23.1 Å². The second kappa shape index (κ2) is 16.5. The van der Waals surface area contributed by atoms with Gasteiger partial charge in [0.1, 0.15) is 29.0 Å². The molecule has 5 atom stereocenters. The van der Waals surface area contributed by atoms with Crippen molar-refractivity contribution in [3.8, 4) is 16.6 Å². The van der Waals surface area contributed by atoms with Gasteiger partial charge in [0.15, 0.2) is 11.2 Å². The Hall–Kier alpha value is -6.36. The zero-order valence-corrected chi connectivity index (χ0v) is 33.3. The summed E-state index contributed by atoms with van der Waals surface area (Å²) in [7, 11) is 0. The van der Waals surface area contributed by atoms with Crippen LogP contribution in [-0.2, 0) is 19.1 Å². The van der Waals surface area contributed by atoms with Crippen LogP contribution in [-0.4, -0.2) is 106 Å². The van der Waals surface area contributed by atoms with Gasteiger partial charge in [0.2, 0.25) is 11.8 Å². The minimum Gasteiger partial charge on any atom is -0.471 e. The summed E-state index contributed by atoms with van der Waals surface area (Å²) in [6, 6.07) is 12.4. The molecule has 1 saturated carbocycles. The first-order chi connectivity index (χ1) is 28.6. The average molecular weight is 819 g/mol. The molecule has 3 aromatic heterocycles. The highest BCUT2D eigenvalue weighted by Gasteiger charge is 2.68. The van der Waals surface area contributed by atoms with Crippen molar-refractivity contribution in [3.05, 3.63) is 84.5 Å². The van der Waals surface area contributed by atoms with Crippen molar-refractivity contribution >= 4 is 62.4 Å². The van der Waals surface area contributed by atoms with Gasteiger partial charge in [0.05, 0.1) is 40.0 Å². The van der Waals surface area contributed by atoms with Crippen LogP contribution in [0.15, 0.2) is 73.1 Å². The summed E-state index contributed by atoms with van der Waals surface area (Å²) in [4.78, 5) is 94.7. The Morgan fingerprint density at radius 1 is 0.949 bits per heavy atom.